The van der Waals surface area contributed by atoms with E-state index >= 15 is 0 Å². The molecule has 0 saturated carbocycles. The first kappa shape index (κ1) is 15.8. The highest BCUT2D eigenvalue weighted by atomic mass is 35.5. The minimum atomic E-state index is -3.67. The number of aromatic nitrogens is 6. The zero-order valence-electron chi connectivity index (χ0n) is 11.1. The number of halogens is 5. The van der Waals surface area contributed by atoms with Crippen LogP contribution in [0.1, 0.15) is 17.2 Å². The van der Waals surface area contributed by atoms with E-state index < -0.39 is 16.9 Å². The maximum Gasteiger partial charge on any atom is 0.366 e. The molecule has 11 heteroatoms. The van der Waals surface area contributed by atoms with Gasteiger partial charge in [0.05, 0.1) is 17.6 Å². The smallest absolute Gasteiger partial charge is 0.263 e. The van der Waals surface area contributed by atoms with Gasteiger partial charge >= 0.3 is 5.38 Å². The topological polar surface area (TPSA) is 72.3 Å². The third-order valence-corrected chi connectivity index (χ3v) is 3.39. The highest BCUT2D eigenvalue weighted by Gasteiger charge is 2.32. The average molecular weight is 363 g/mol. The van der Waals surface area contributed by atoms with Gasteiger partial charge in [-0.05, 0) is 17.7 Å². The number of alkyl halides is 3. The summed E-state index contributed by atoms with van der Waals surface area (Å²) in [4.78, 5) is 7.55. The molecule has 0 spiro atoms. The molecule has 0 aromatic carbocycles. The molecule has 0 aliphatic carbocycles. The quantitative estimate of drug-likeness (QED) is 0.571. The molecule has 3 heterocycles. The Morgan fingerprint density at radius 1 is 1.26 bits per heavy atom. The van der Waals surface area contributed by atoms with E-state index in [1.807, 2.05) is 0 Å². The molecule has 6 nitrogen and oxygen atoms in total. The molecule has 3 aromatic heterocycles. The van der Waals surface area contributed by atoms with Crippen molar-refractivity contribution in [1.82, 2.24) is 29.9 Å². The lowest BCUT2D eigenvalue weighted by Gasteiger charge is -2.07. The van der Waals surface area contributed by atoms with E-state index in [0.29, 0.717) is 11.5 Å². The molecule has 0 aliphatic rings. The van der Waals surface area contributed by atoms with Crippen LogP contribution < -0.4 is 0 Å². The van der Waals surface area contributed by atoms with Crippen LogP contribution in [0.15, 0.2) is 24.7 Å². The Bertz CT molecular complexity index is 828. The molecule has 23 heavy (non-hydrogen) atoms. The molecule has 0 amide bonds. The molecule has 3 aromatic rings. The number of hydrogen-bond donors (Lipinski definition) is 1. The summed E-state index contributed by atoms with van der Waals surface area (Å²) in [7, 11) is 0. The first-order chi connectivity index (χ1) is 10.8. The summed E-state index contributed by atoms with van der Waals surface area (Å²) in [6.07, 6.45) is 2.58. The van der Waals surface area contributed by atoms with E-state index in [2.05, 4.69) is 25.3 Å². The van der Waals surface area contributed by atoms with Crippen molar-refractivity contribution in [2.24, 2.45) is 0 Å². The first-order valence-corrected chi connectivity index (χ1v) is 6.92. The summed E-state index contributed by atoms with van der Waals surface area (Å²) in [5.41, 5.74) is -0.266. The SMILES string of the molecule is Fc1cc(-n2nc(C(F)(F)Cl)cc2Cc2ncn[nH]2)cnc1Cl. The predicted molar refractivity (Wildman–Crippen MR) is 75.3 cm³/mol. The van der Waals surface area contributed by atoms with Crippen LogP contribution in [0.4, 0.5) is 13.2 Å². The predicted octanol–water partition coefficient (Wildman–Crippen LogP) is 3.06. The fourth-order valence-electron chi connectivity index (χ4n) is 1.92. The number of aromatic amines is 1. The Labute approximate surface area is 137 Å². The fourth-order valence-corrected chi connectivity index (χ4v) is 2.12. The highest BCUT2D eigenvalue weighted by Crippen LogP contribution is 2.32. The van der Waals surface area contributed by atoms with E-state index in [1.54, 1.807) is 0 Å². The van der Waals surface area contributed by atoms with Crippen molar-refractivity contribution in [1.29, 1.82) is 0 Å². The van der Waals surface area contributed by atoms with Crippen LogP contribution in [-0.2, 0) is 11.8 Å². The van der Waals surface area contributed by atoms with Crippen molar-refractivity contribution >= 4 is 23.2 Å². The highest BCUT2D eigenvalue weighted by molar-refractivity contribution is 6.29. The van der Waals surface area contributed by atoms with Crippen LogP contribution in [0.3, 0.4) is 0 Å². The Balaban J connectivity index is 2.09. The summed E-state index contributed by atoms with van der Waals surface area (Å²) >= 11 is 10.5. The van der Waals surface area contributed by atoms with Crippen molar-refractivity contribution < 1.29 is 13.2 Å². The van der Waals surface area contributed by atoms with Crippen molar-refractivity contribution in [3.63, 3.8) is 0 Å². The third-order valence-electron chi connectivity index (χ3n) is 2.91. The molecule has 0 aliphatic heterocycles. The molecule has 0 fully saturated rings. The zero-order valence-corrected chi connectivity index (χ0v) is 12.7. The van der Waals surface area contributed by atoms with Crippen LogP contribution in [0.2, 0.25) is 5.15 Å². The summed E-state index contributed by atoms with van der Waals surface area (Å²) in [5.74, 6) is -0.387. The Morgan fingerprint density at radius 2 is 2.04 bits per heavy atom. The van der Waals surface area contributed by atoms with Crippen LogP contribution in [0, 0.1) is 5.82 Å². The van der Waals surface area contributed by atoms with E-state index in [9.17, 15) is 13.2 Å². The van der Waals surface area contributed by atoms with Gasteiger partial charge in [-0.25, -0.2) is 19.0 Å². The Kier molecular flexibility index (Phi) is 3.99. The molecule has 0 bridgehead atoms. The van der Waals surface area contributed by atoms with Crippen LogP contribution >= 0.6 is 23.2 Å². The summed E-state index contributed by atoms with van der Waals surface area (Å²) in [6, 6.07) is 2.13. The molecule has 3 rings (SSSR count). The molecule has 120 valence electrons. The van der Waals surface area contributed by atoms with E-state index in [-0.39, 0.29) is 17.3 Å². The van der Waals surface area contributed by atoms with Gasteiger partial charge in [0.25, 0.3) is 0 Å². The van der Waals surface area contributed by atoms with Crippen LogP contribution in [0.5, 0.6) is 0 Å². The minimum Gasteiger partial charge on any atom is -0.263 e. The normalized spacial score (nSPS) is 11.9. The number of rotatable bonds is 4. The number of hydrogen-bond acceptors (Lipinski definition) is 4. The molecule has 0 radical (unpaired) electrons. The lowest BCUT2D eigenvalue weighted by atomic mass is 10.2. The van der Waals surface area contributed by atoms with Crippen molar-refractivity contribution in [2.75, 3.05) is 0 Å². The Morgan fingerprint density at radius 3 is 2.65 bits per heavy atom. The standard InChI is InChI=1S/C12H7Cl2F3N6/c13-11-8(15)1-7(4-18-11)23-6(3-10-19-5-20-21-10)2-9(22-23)12(14,16)17/h1-2,4-5H,3H2,(H,19,20,21). The summed E-state index contributed by atoms with van der Waals surface area (Å²) in [5, 5.41) is 6.00. The van der Waals surface area contributed by atoms with Gasteiger partial charge in [0, 0.05) is 12.5 Å². The lowest BCUT2D eigenvalue weighted by Crippen LogP contribution is -2.07. The van der Waals surface area contributed by atoms with Gasteiger partial charge < -0.3 is 0 Å². The van der Waals surface area contributed by atoms with Gasteiger partial charge in [0.1, 0.15) is 17.8 Å². The largest absolute Gasteiger partial charge is 0.366 e. The second kappa shape index (κ2) is 5.82. The van der Waals surface area contributed by atoms with Gasteiger partial charge in [-0.2, -0.15) is 19.0 Å². The number of pyridine rings is 1. The van der Waals surface area contributed by atoms with Crippen LogP contribution in [0.25, 0.3) is 5.69 Å². The monoisotopic (exact) mass is 362 g/mol. The second-order valence-corrected chi connectivity index (χ2v) is 5.34. The number of H-pyrrole nitrogens is 1. The molecular formula is C12H7Cl2F3N6. The zero-order chi connectivity index (χ0) is 16.6. The fraction of sp³-hybridized carbons (Fsp3) is 0.167. The second-order valence-electron chi connectivity index (χ2n) is 4.51. The van der Waals surface area contributed by atoms with Gasteiger partial charge in [0.2, 0.25) is 0 Å². The lowest BCUT2D eigenvalue weighted by molar-refractivity contribution is 0.0895. The average Bonchev–Trinajstić information content (AvgIpc) is 3.11. The van der Waals surface area contributed by atoms with Crippen LogP contribution in [-0.4, -0.2) is 29.9 Å². The summed E-state index contributed by atoms with van der Waals surface area (Å²) in [6.45, 7) is 0. The van der Waals surface area contributed by atoms with Gasteiger partial charge in [-0.1, -0.05) is 11.6 Å². The first-order valence-electron chi connectivity index (χ1n) is 6.16. The van der Waals surface area contributed by atoms with Crippen molar-refractivity contribution in [2.45, 2.75) is 11.8 Å². The summed E-state index contributed by atoms with van der Waals surface area (Å²) < 4.78 is 41.3. The van der Waals surface area contributed by atoms with Crippen molar-refractivity contribution in [3.05, 3.63) is 52.8 Å². The maximum absolute atomic E-state index is 13.6. The van der Waals surface area contributed by atoms with Gasteiger partial charge in [-0.3, -0.25) is 5.10 Å². The molecule has 0 saturated heterocycles. The van der Waals surface area contributed by atoms with E-state index in [1.165, 1.54) is 12.5 Å². The molecule has 0 atom stereocenters. The van der Waals surface area contributed by atoms with Crippen molar-refractivity contribution in [3.8, 4) is 5.69 Å². The minimum absolute atomic E-state index is 0.101. The Hall–Kier alpha value is -2.13. The van der Waals surface area contributed by atoms with E-state index in [4.69, 9.17) is 23.2 Å². The molecule has 0 unspecified atom stereocenters. The number of nitrogens with one attached hydrogen (secondary N) is 1. The molecule has 1 N–H and O–H groups in total. The third kappa shape index (κ3) is 3.30. The molecular weight excluding hydrogens is 356 g/mol. The number of nitrogens with zero attached hydrogens (tertiary/aromatic N) is 5. The maximum atomic E-state index is 13.6. The van der Waals surface area contributed by atoms with Gasteiger partial charge in [0.15, 0.2) is 11.0 Å². The van der Waals surface area contributed by atoms with Gasteiger partial charge in [-0.15, -0.1) is 0 Å². The van der Waals surface area contributed by atoms with E-state index in [0.717, 1.165) is 16.8 Å².